The summed E-state index contributed by atoms with van der Waals surface area (Å²) in [6.07, 6.45) is 2.60. The molecule has 2 N–H and O–H groups in total. The van der Waals surface area contributed by atoms with Crippen LogP contribution in [-0.2, 0) is 6.42 Å². The minimum absolute atomic E-state index is 0.0271. The van der Waals surface area contributed by atoms with E-state index in [1.54, 1.807) is 6.20 Å². The van der Waals surface area contributed by atoms with Gasteiger partial charge >= 0.3 is 0 Å². The minimum atomic E-state index is -0.0271. The molecule has 0 amide bonds. The Morgan fingerprint density at radius 3 is 2.65 bits per heavy atom. The van der Waals surface area contributed by atoms with Gasteiger partial charge in [-0.15, -0.1) is 0 Å². The lowest BCUT2D eigenvalue weighted by Crippen LogP contribution is -2.13. The number of hydrogen-bond acceptors (Lipinski definition) is 2. The number of fused-ring (bicyclic) bond motifs is 1. The van der Waals surface area contributed by atoms with Crippen LogP contribution in [0.4, 0.5) is 0 Å². The van der Waals surface area contributed by atoms with Crippen LogP contribution in [0.25, 0.3) is 10.9 Å². The van der Waals surface area contributed by atoms with Crippen LogP contribution in [0.3, 0.4) is 0 Å². The standard InChI is InChI=1S/C17H15ClN2/c18-15-6-3-12(4-7-15)10-16(19)13-5-8-17-14(11-13)2-1-9-20-17/h1-9,11,16H,10,19H2. The van der Waals surface area contributed by atoms with Gasteiger partial charge in [-0.25, -0.2) is 0 Å². The van der Waals surface area contributed by atoms with Crippen molar-refractivity contribution in [2.75, 3.05) is 0 Å². The molecular formula is C17H15ClN2. The number of rotatable bonds is 3. The van der Waals surface area contributed by atoms with Gasteiger partial charge in [-0.3, -0.25) is 4.98 Å². The highest BCUT2D eigenvalue weighted by atomic mass is 35.5. The molecule has 100 valence electrons. The SMILES string of the molecule is NC(Cc1ccc(Cl)cc1)c1ccc2ncccc2c1. The summed E-state index contributed by atoms with van der Waals surface area (Å²) < 4.78 is 0. The first-order valence-corrected chi connectivity index (χ1v) is 6.95. The number of nitrogens with two attached hydrogens (primary N) is 1. The molecule has 1 heterocycles. The Labute approximate surface area is 123 Å². The summed E-state index contributed by atoms with van der Waals surface area (Å²) >= 11 is 5.89. The molecule has 3 rings (SSSR count). The van der Waals surface area contributed by atoms with E-state index >= 15 is 0 Å². The maximum Gasteiger partial charge on any atom is 0.0702 e. The molecule has 1 unspecified atom stereocenters. The number of aromatic nitrogens is 1. The van der Waals surface area contributed by atoms with Crippen molar-refractivity contribution in [3.05, 3.63) is 76.9 Å². The molecule has 0 aliphatic carbocycles. The molecule has 1 aromatic heterocycles. The molecular weight excluding hydrogens is 268 g/mol. The molecule has 3 heteroatoms. The van der Waals surface area contributed by atoms with Gasteiger partial charge in [0.05, 0.1) is 5.52 Å². The average Bonchev–Trinajstić information content (AvgIpc) is 2.49. The number of nitrogens with zero attached hydrogens (tertiary/aromatic N) is 1. The van der Waals surface area contributed by atoms with Crippen LogP contribution in [0.15, 0.2) is 60.8 Å². The maximum atomic E-state index is 6.30. The maximum absolute atomic E-state index is 6.30. The highest BCUT2D eigenvalue weighted by Crippen LogP contribution is 2.21. The van der Waals surface area contributed by atoms with Crippen molar-refractivity contribution in [1.82, 2.24) is 4.98 Å². The van der Waals surface area contributed by atoms with Crippen molar-refractivity contribution in [1.29, 1.82) is 0 Å². The topological polar surface area (TPSA) is 38.9 Å². The summed E-state index contributed by atoms with van der Waals surface area (Å²) in [6.45, 7) is 0. The van der Waals surface area contributed by atoms with E-state index in [0.717, 1.165) is 27.9 Å². The summed E-state index contributed by atoms with van der Waals surface area (Å²) in [6, 6.07) is 18.0. The van der Waals surface area contributed by atoms with E-state index in [0.29, 0.717) is 0 Å². The molecule has 0 bridgehead atoms. The number of halogens is 1. The first-order chi connectivity index (χ1) is 9.72. The molecule has 0 saturated heterocycles. The zero-order valence-electron chi connectivity index (χ0n) is 11.0. The molecule has 0 fully saturated rings. The summed E-state index contributed by atoms with van der Waals surface area (Å²) in [5, 5.41) is 1.87. The third-order valence-corrected chi connectivity index (χ3v) is 3.68. The van der Waals surface area contributed by atoms with Crippen molar-refractivity contribution < 1.29 is 0 Å². The van der Waals surface area contributed by atoms with E-state index in [1.807, 2.05) is 36.4 Å². The Morgan fingerprint density at radius 2 is 1.85 bits per heavy atom. The van der Waals surface area contributed by atoms with Crippen LogP contribution in [0.1, 0.15) is 17.2 Å². The van der Waals surface area contributed by atoms with Gasteiger partial charge in [0.1, 0.15) is 0 Å². The third kappa shape index (κ3) is 2.82. The molecule has 0 aliphatic rings. The van der Waals surface area contributed by atoms with Gasteiger partial charge in [0, 0.05) is 22.6 Å². The Balaban J connectivity index is 1.84. The molecule has 2 nitrogen and oxygen atoms in total. The van der Waals surface area contributed by atoms with Gasteiger partial charge in [0.2, 0.25) is 0 Å². The fourth-order valence-electron chi connectivity index (χ4n) is 2.32. The Kier molecular flexibility index (Phi) is 3.68. The number of pyridine rings is 1. The van der Waals surface area contributed by atoms with E-state index in [-0.39, 0.29) is 6.04 Å². The fraction of sp³-hybridized carbons (Fsp3) is 0.118. The Hall–Kier alpha value is -1.90. The zero-order chi connectivity index (χ0) is 13.9. The number of hydrogen-bond donors (Lipinski definition) is 1. The lowest BCUT2D eigenvalue weighted by molar-refractivity contribution is 0.723. The normalized spacial score (nSPS) is 12.5. The molecule has 2 aromatic carbocycles. The van der Waals surface area contributed by atoms with Crippen molar-refractivity contribution in [3.63, 3.8) is 0 Å². The van der Waals surface area contributed by atoms with E-state index in [9.17, 15) is 0 Å². The van der Waals surface area contributed by atoms with Gasteiger partial charge in [-0.2, -0.15) is 0 Å². The highest BCUT2D eigenvalue weighted by Gasteiger charge is 2.08. The third-order valence-electron chi connectivity index (χ3n) is 3.42. The molecule has 3 aromatic rings. The summed E-state index contributed by atoms with van der Waals surface area (Å²) in [7, 11) is 0. The van der Waals surface area contributed by atoms with Gasteiger partial charge in [-0.05, 0) is 47.9 Å². The van der Waals surface area contributed by atoms with Crippen LogP contribution in [0, 0.1) is 0 Å². The molecule has 0 saturated carbocycles. The van der Waals surface area contributed by atoms with Gasteiger partial charge in [-0.1, -0.05) is 35.9 Å². The van der Waals surface area contributed by atoms with Crippen LogP contribution in [-0.4, -0.2) is 4.98 Å². The predicted octanol–water partition coefficient (Wildman–Crippen LogP) is 4.13. The summed E-state index contributed by atoms with van der Waals surface area (Å²) in [4.78, 5) is 4.32. The molecule has 20 heavy (non-hydrogen) atoms. The van der Waals surface area contributed by atoms with E-state index in [4.69, 9.17) is 17.3 Å². The van der Waals surface area contributed by atoms with Gasteiger partial charge < -0.3 is 5.73 Å². The van der Waals surface area contributed by atoms with Crippen molar-refractivity contribution in [2.45, 2.75) is 12.5 Å². The van der Waals surface area contributed by atoms with Gasteiger partial charge in [0.15, 0.2) is 0 Å². The van der Waals surface area contributed by atoms with Crippen LogP contribution >= 0.6 is 11.6 Å². The fourth-order valence-corrected chi connectivity index (χ4v) is 2.44. The van der Waals surface area contributed by atoms with Crippen LogP contribution < -0.4 is 5.73 Å². The van der Waals surface area contributed by atoms with Crippen LogP contribution in [0.5, 0.6) is 0 Å². The quantitative estimate of drug-likeness (QED) is 0.784. The summed E-state index contributed by atoms with van der Waals surface area (Å²) in [5.74, 6) is 0. The second-order valence-electron chi connectivity index (χ2n) is 4.89. The second kappa shape index (κ2) is 5.61. The molecule has 0 aliphatic heterocycles. The monoisotopic (exact) mass is 282 g/mol. The van der Waals surface area contributed by atoms with E-state index < -0.39 is 0 Å². The molecule has 1 atom stereocenters. The van der Waals surface area contributed by atoms with Gasteiger partial charge in [0.25, 0.3) is 0 Å². The second-order valence-corrected chi connectivity index (χ2v) is 5.33. The Bertz CT molecular complexity index is 722. The zero-order valence-corrected chi connectivity index (χ0v) is 11.7. The van der Waals surface area contributed by atoms with Crippen molar-refractivity contribution in [2.24, 2.45) is 5.73 Å². The van der Waals surface area contributed by atoms with Crippen LogP contribution in [0.2, 0.25) is 5.02 Å². The van der Waals surface area contributed by atoms with E-state index in [2.05, 4.69) is 23.2 Å². The Morgan fingerprint density at radius 1 is 1.05 bits per heavy atom. The first kappa shape index (κ1) is 13.1. The molecule has 0 spiro atoms. The highest BCUT2D eigenvalue weighted by molar-refractivity contribution is 6.30. The average molecular weight is 283 g/mol. The first-order valence-electron chi connectivity index (χ1n) is 6.57. The number of benzene rings is 2. The lowest BCUT2D eigenvalue weighted by atomic mass is 9.98. The minimum Gasteiger partial charge on any atom is -0.324 e. The smallest absolute Gasteiger partial charge is 0.0702 e. The van der Waals surface area contributed by atoms with E-state index in [1.165, 1.54) is 5.56 Å². The predicted molar refractivity (Wildman–Crippen MR) is 83.8 cm³/mol. The largest absolute Gasteiger partial charge is 0.324 e. The summed E-state index contributed by atoms with van der Waals surface area (Å²) in [5.41, 5.74) is 9.61. The van der Waals surface area contributed by atoms with Crippen molar-refractivity contribution in [3.8, 4) is 0 Å². The molecule has 0 radical (unpaired) electrons. The van der Waals surface area contributed by atoms with Crippen molar-refractivity contribution >= 4 is 22.5 Å². The lowest BCUT2D eigenvalue weighted by Gasteiger charge is -2.13.